The molecule has 0 aromatic rings. The van der Waals surface area contributed by atoms with E-state index in [1.807, 2.05) is 0 Å². The molecule has 0 aromatic carbocycles. The first-order valence-corrected chi connectivity index (χ1v) is 4.72. The van der Waals surface area contributed by atoms with Crippen LogP contribution in [0, 0.1) is 11.8 Å². The summed E-state index contributed by atoms with van der Waals surface area (Å²) < 4.78 is 0. The quantitative estimate of drug-likeness (QED) is 0.671. The zero-order valence-corrected chi connectivity index (χ0v) is 7.40. The van der Waals surface area contributed by atoms with E-state index in [1.165, 1.54) is 0 Å². The third-order valence-corrected chi connectivity index (χ3v) is 2.84. The third kappa shape index (κ3) is 1.53. The predicted molar refractivity (Wildman–Crippen MR) is 45.0 cm³/mol. The number of carbonyl (C=O) groups is 2. The first-order chi connectivity index (χ1) is 6.20. The molecule has 72 valence electrons. The van der Waals surface area contributed by atoms with E-state index in [0.29, 0.717) is 6.42 Å². The average molecular weight is 183 g/mol. The van der Waals surface area contributed by atoms with Crippen LogP contribution in [0.4, 0.5) is 0 Å². The molecule has 0 bridgehead atoms. The van der Waals surface area contributed by atoms with Crippen molar-refractivity contribution < 1.29 is 14.7 Å². The zero-order valence-electron chi connectivity index (χ0n) is 7.40. The molecule has 1 amide bonds. The number of hydrogen-bond donors (Lipinski definition) is 1. The number of carboxylic acids is 1. The van der Waals surface area contributed by atoms with Crippen molar-refractivity contribution in [3.8, 4) is 0 Å². The lowest BCUT2D eigenvalue weighted by Gasteiger charge is -2.14. The molecule has 1 saturated heterocycles. The van der Waals surface area contributed by atoms with E-state index in [-0.39, 0.29) is 11.8 Å². The molecule has 1 saturated carbocycles. The van der Waals surface area contributed by atoms with Gasteiger partial charge >= 0.3 is 5.97 Å². The molecule has 0 aromatic heterocycles. The lowest BCUT2D eigenvalue weighted by molar-refractivity contribution is -0.141. The monoisotopic (exact) mass is 183 g/mol. The molecular weight excluding hydrogens is 170 g/mol. The summed E-state index contributed by atoms with van der Waals surface area (Å²) in [4.78, 5) is 23.9. The SMILES string of the molecule is O=C(O)C1CC1C(=O)N1CCCC1. The number of carbonyl (C=O) groups excluding carboxylic acids is 1. The lowest BCUT2D eigenvalue weighted by atomic mass is 10.3. The number of rotatable bonds is 2. The van der Waals surface area contributed by atoms with Gasteiger partial charge in [0.1, 0.15) is 0 Å². The van der Waals surface area contributed by atoms with Gasteiger partial charge in [-0.15, -0.1) is 0 Å². The van der Waals surface area contributed by atoms with Crippen LogP contribution in [0.5, 0.6) is 0 Å². The van der Waals surface area contributed by atoms with Crippen molar-refractivity contribution in [1.29, 1.82) is 0 Å². The average Bonchev–Trinajstić information content (AvgIpc) is 2.72. The topological polar surface area (TPSA) is 57.6 Å². The summed E-state index contributed by atoms with van der Waals surface area (Å²) in [6, 6.07) is 0. The van der Waals surface area contributed by atoms with Crippen LogP contribution in [-0.4, -0.2) is 35.0 Å². The van der Waals surface area contributed by atoms with E-state index in [0.717, 1.165) is 25.9 Å². The van der Waals surface area contributed by atoms with E-state index in [1.54, 1.807) is 4.90 Å². The van der Waals surface area contributed by atoms with Gasteiger partial charge in [0.15, 0.2) is 0 Å². The van der Waals surface area contributed by atoms with Gasteiger partial charge in [0, 0.05) is 13.1 Å². The van der Waals surface area contributed by atoms with Crippen LogP contribution in [-0.2, 0) is 9.59 Å². The fourth-order valence-corrected chi connectivity index (χ4v) is 1.91. The van der Waals surface area contributed by atoms with Crippen molar-refractivity contribution >= 4 is 11.9 Å². The number of aliphatic carboxylic acids is 1. The molecular formula is C9H13NO3. The fraction of sp³-hybridized carbons (Fsp3) is 0.778. The van der Waals surface area contributed by atoms with Crippen molar-refractivity contribution in [3.63, 3.8) is 0 Å². The number of hydrogen-bond acceptors (Lipinski definition) is 2. The molecule has 1 aliphatic carbocycles. The van der Waals surface area contributed by atoms with Crippen LogP contribution >= 0.6 is 0 Å². The zero-order chi connectivity index (χ0) is 9.42. The molecule has 0 radical (unpaired) electrons. The maximum absolute atomic E-state index is 11.6. The first kappa shape index (κ1) is 8.53. The Kier molecular flexibility index (Phi) is 1.98. The van der Waals surface area contributed by atoms with E-state index >= 15 is 0 Å². The normalized spacial score (nSPS) is 31.8. The highest BCUT2D eigenvalue weighted by Gasteiger charge is 2.49. The van der Waals surface area contributed by atoms with Crippen molar-refractivity contribution in [1.82, 2.24) is 4.90 Å². The Hall–Kier alpha value is -1.06. The van der Waals surface area contributed by atoms with Crippen LogP contribution in [0.15, 0.2) is 0 Å². The summed E-state index contributed by atoms with van der Waals surface area (Å²) in [7, 11) is 0. The number of nitrogens with zero attached hydrogens (tertiary/aromatic N) is 1. The first-order valence-electron chi connectivity index (χ1n) is 4.72. The molecule has 2 fully saturated rings. The summed E-state index contributed by atoms with van der Waals surface area (Å²) >= 11 is 0. The minimum absolute atomic E-state index is 0.0601. The Morgan fingerprint density at radius 3 is 2.23 bits per heavy atom. The molecule has 4 heteroatoms. The smallest absolute Gasteiger partial charge is 0.307 e. The van der Waals surface area contributed by atoms with Gasteiger partial charge in [0.05, 0.1) is 11.8 Å². The third-order valence-electron chi connectivity index (χ3n) is 2.84. The van der Waals surface area contributed by atoms with Crippen LogP contribution in [0.1, 0.15) is 19.3 Å². The molecule has 1 N–H and O–H groups in total. The Bertz CT molecular complexity index is 245. The maximum atomic E-state index is 11.6. The van der Waals surface area contributed by atoms with Gasteiger partial charge < -0.3 is 10.0 Å². The van der Waals surface area contributed by atoms with E-state index in [4.69, 9.17) is 5.11 Å². The van der Waals surface area contributed by atoms with Gasteiger partial charge in [0.25, 0.3) is 0 Å². The maximum Gasteiger partial charge on any atom is 0.307 e. The summed E-state index contributed by atoms with van der Waals surface area (Å²) in [5, 5.41) is 8.64. The van der Waals surface area contributed by atoms with Crippen molar-refractivity contribution in [2.24, 2.45) is 11.8 Å². The molecule has 1 heterocycles. The van der Waals surface area contributed by atoms with Gasteiger partial charge in [-0.25, -0.2) is 0 Å². The number of carboxylic acid groups (broad SMARTS) is 1. The summed E-state index contributed by atoms with van der Waals surface area (Å²) in [5.74, 6) is -1.37. The molecule has 4 nitrogen and oxygen atoms in total. The minimum Gasteiger partial charge on any atom is -0.481 e. The van der Waals surface area contributed by atoms with Gasteiger partial charge in [-0.3, -0.25) is 9.59 Å². The molecule has 2 rings (SSSR count). The largest absolute Gasteiger partial charge is 0.481 e. The van der Waals surface area contributed by atoms with Gasteiger partial charge in [-0.2, -0.15) is 0 Å². The van der Waals surface area contributed by atoms with Crippen LogP contribution in [0.25, 0.3) is 0 Å². The second-order valence-corrected chi connectivity index (χ2v) is 3.82. The lowest BCUT2D eigenvalue weighted by Crippen LogP contribution is -2.30. The molecule has 13 heavy (non-hydrogen) atoms. The predicted octanol–water partition coefficient (Wildman–Crippen LogP) is 0.329. The van der Waals surface area contributed by atoms with Crippen LogP contribution in [0.2, 0.25) is 0 Å². The van der Waals surface area contributed by atoms with Crippen molar-refractivity contribution in [2.45, 2.75) is 19.3 Å². The van der Waals surface area contributed by atoms with Crippen molar-refractivity contribution in [2.75, 3.05) is 13.1 Å². The van der Waals surface area contributed by atoms with Crippen LogP contribution in [0.3, 0.4) is 0 Å². The molecule has 2 aliphatic rings. The fourth-order valence-electron chi connectivity index (χ4n) is 1.91. The Labute approximate surface area is 76.5 Å². The summed E-state index contributed by atoms with van der Waals surface area (Å²) in [6.45, 7) is 1.64. The molecule has 2 unspecified atom stereocenters. The Morgan fingerprint density at radius 1 is 1.15 bits per heavy atom. The summed E-state index contributed by atoms with van der Waals surface area (Å²) in [6.07, 6.45) is 2.68. The van der Waals surface area contributed by atoms with E-state index in [2.05, 4.69) is 0 Å². The number of amides is 1. The second-order valence-electron chi connectivity index (χ2n) is 3.82. The van der Waals surface area contributed by atoms with E-state index in [9.17, 15) is 9.59 Å². The number of likely N-dealkylation sites (tertiary alicyclic amines) is 1. The Morgan fingerprint density at radius 2 is 1.77 bits per heavy atom. The van der Waals surface area contributed by atoms with Gasteiger partial charge in [-0.05, 0) is 19.3 Å². The van der Waals surface area contributed by atoms with Gasteiger partial charge in [-0.1, -0.05) is 0 Å². The minimum atomic E-state index is -0.822. The highest BCUT2D eigenvalue weighted by molar-refractivity contribution is 5.89. The highest BCUT2D eigenvalue weighted by atomic mass is 16.4. The van der Waals surface area contributed by atoms with E-state index < -0.39 is 11.9 Å². The molecule has 1 aliphatic heterocycles. The second kappa shape index (κ2) is 3.01. The van der Waals surface area contributed by atoms with Gasteiger partial charge in [0.2, 0.25) is 5.91 Å². The highest BCUT2D eigenvalue weighted by Crippen LogP contribution is 2.40. The Balaban J connectivity index is 1.89. The summed E-state index contributed by atoms with van der Waals surface area (Å²) in [5.41, 5.74) is 0. The van der Waals surface area contributed by atoms with Crippen molar-refractivity contribution in [3.05, 3.63) is 0 Å². The molecule has 2 atom stereocenters. The standard InChI is InChI=1S/C9H13NO3/c11-8(10-3-1-2-4-10)6-5-7(6)9(12)13/h6-7H,1-5H2,(H,12,13). The molecule has 0 spiro atoms. The van der Waals surface area contributed by atoms with Crippen LogP contribution < -0.4 is 0 Å².